The van der Waals surface area contributed by atoms with E-state index < -0.39 is 11.7 Å². The summed E-state index contributed by atoms with van der Waals surface area (Å²) in [6, 6.07) is 4.03. The van der Waals surface area contributed by atoms with E-state index in [2.05, 4.69) is 0 Å². The van der Waals surface area contributed by atoms with Gasteiger partial charge in [-0.05, 0) is 57.2 Å². The Morgan fingerprint density at radius 3 is 2.24 bits per heavy atom. The Hall–Kier alpha value is -2.46. The van der Waals surface area contributed by atoms with Gasteiger partial charge in [-0.3, -0.25) is 9.63 Å². The van der Waals surface area contributed by atoms with Crippen molar-refractivity contribution in [2.75, 3.05) is 47.1 Å². The second kappa shape index (κ2) is 10.6. The molecule has 1 saturated heterocycles. The van der Waals surface area contributed by atoms with Gasteiger partial charge in [0.2, 0.25) is 0 Å². The largest absolute Gasteiger partial charge is 0.513 e. The molecule has 1 aromatic carbocycles. The van der Waals surface area contributed by atoms with Crippen LogP contribution in [0.25, 0.3) is 5.57 Å². The summed E-state index contributed by atoms with van der Waals surface area (Å²) in [6.07, 6.45) is 0.0799. The monoisotopic (exact) mass is 462 g/mol. The van der Waals surface area contributed by atoms with E-state index in [0.29, 0.717) is 38.1 Å². The first kappa shape index (κ1) is 25.2. The minimum atomic E-state index is -0.967. The number of nitrogens with zero attached hydrogens (tertiary/aromatic N) is 2. The molecule has 9 heteroatoms. The molecule has 0 radical (unpaired) electrons. The lowest BCUT2D eigenvalue weighted by Gasteiger charge is -2.43. The van der Waals surface area contributed by atoms with Gasteiger partial charge >= 0.3 is 6.16 Å². The predicted molar refractivity (Wildman–Crippen MR) is 121 cm³/mol. The molecule has 182 valence electrons. The van der Waals surface area contributed by atoms with Crippen molar-refractivity contribution in [3.05, 3.63) is 40.1 Å². The van der Waals surface area contributed by atoms with Crippen molar-refractivity contribution in [3.63, 3.8) is 0 Å². The minimum absolute atomic E-state index is 0.163. The molecule has 9 nitrogen and oxygen atoms in total. The fourth-order valence-corrected chi connectivity index (χ4v) is 4.75. The molecule has 0 aliphatic carbocycles. The Labute approximate surface area is 195 Å². The molecule has 2 aliphatic heterocycles. The minimum Gasteiger partial charge on any atom is -0.434 e. The van der Waals surface area contributed by atoms with E-state index in [9.17, 15) is 9.59 Å². The molecule has 33 heavy (non-hydrogen) atoms. The highest BCUT2D eigenvalue weighted by Crippen LogP contribution is 2.48. The van der Waals surface area contributed by atoms with E-state index in [1.807, 2.05) is 38.0 Å². The zero-order valence-electron chi connectivity index (χ0n) is 20.4. The number of amides is 1. The summed E-state index contributed by atoms with van der Waals surface area (Å²) in [5.41, 5.74) is 3.04. The van der Waals surface area contributed by atoms with Crippen LogP contribution in [0.1, 0.15) is 42.0 Å². The number of carbonyl (C=O) groups excluding carboxylic acids is 2. The van der Waals surface area contributed by atoms with Gasteiger partial charge in [-0.1, -0.05) is 17.7 Å². The van der Waals surface area contributed by atoms with Gasteiger partial charge < -0.3 is 19.0 Å². The number of aryl methyl sites for hydroxylation is 3. The number of benzene rings is 1. The predicted octanol–water partition coefficient (Wildman–Crippen LogP) is 3.31. The third-order valence-electron chi connectivity index (χ3n) is 6.13. The van der Waals surface area contributed by atoms with Gasteiger partial charge in [0.25, 0.3) is 5.91 Å². The van der Waals surface area contributed by atoms with Gasteiger partial charge in [0.15, 0.2) is 5.76 Å². The van der Waals surface area contributed by atoms with Gasteiger partial charge in [0.1, 0.15) is 5.54 Å². The summed E-state index contributed by atoms with van der Waals surface area (Å²) in [5.74, 6) is -0.0690. The quantitative estimate of drug-likeness (QED) is 0.430. The molecule has 0 saturated carbocycles. The van der Waals surface area contributed by atoms with Gasteiger partial charge in [0, 0.05) is 20.2 Å². The number of methoxy groups -OCH3 is 1. The molecule has 0 atom stereocenters. The molecular formula is C24H34N2O7. The fourth-order valence-electron chi connectivity index (χ4n) is 4.75. The zero-order chi connectivity index (χ0) is 24.2. The molecule has 2 aliphatic rings. The summed E-state index contributed by atoms with van der Waals surface area (Å²) in [5, 5.41) is 3.19. The van der Waals surface area contributed by atoms with Crippen LogP contribution < -0.4 is 0 Å². The lowest BCUT2D eigenvalue weighted by molar-refractivity contribution is -0.235. The van der Waals surface area contributed by atoms with Crippen LogP contribution in [-0.4, -0.2) is 74.9 Å². The van der Waals surface area contributed by atoms with Crippen LogP contribution in [0.2, 0.25) is 0 Å². The van der Waals surface area contributed by atoms with Crippen molar-refractivity contribution in [3.8, 4) is 0 Å². The van der Waals surface area contributed by atoms with E-state index in [0.717, 1.165) is 22.3 Å². The number of piperidine rings is 1. The lowest BCUT2D eigenvalue weighted by atomic mass is 9.84. The molecule has 0 aromatic heterocycles. The average Bonchev–Trinajstić information content (AvgIpc) is 2.97. The number of hydrogen-bond donors (Lipinski definition) is 0. The van der Waals surface area contributed by atoms with Crippen LogP contribution in [0.3, 0.4) is 0 Å². The summed E-state index contributed by atoms with van der Waals surface area (Å²) in [6.45, 7) is 9.34. The van der Waals surface area contributed by atoms with Crippen molar-refractivity contribution in [1.29, 1.82) is 0 Å². The second-order valence-electron chi connectivity index (χ2n) is 8.33. The first-order valence-electron chi connectivity index (χ1n) is 11.2. The summed E-state index contributed by atoms with van der Waals surface area (Å²) in [4.78, 5) is 37.8. The third-order valence-corrected chi connectivity index (χ3v) is 6.13. The molecule has 2 heterocycles. The maximum absolute atomic E-state index is 13.9. The number of ether oxygens (including phenoxy) is 3. The van der Waals surface area contributed by atoms with E-state index in [4.69, 9.17) is 23.9 Å². The Bertz CT molecular complexity index is 896. The molecule has 1 amide bonds. The SMILES string of the molecule is CCOC(=O)OC1=C(c2c(C)cc(C)cc2C)C(=O)N(OCCOC)C12CCN(OC)CC2. The summed E-state index contributed by atoms with van der Waals surface area (Å²) in [7, 11) is 3.18. The van der Waals surface area contributed by atoms with Crippen LogP contribution in [0.5, 0.6) is 0 Å². The first-order chi connectivity index (χ1) is 15.8. The van der Waals surface area contributed by atoms with Crippen molar-refractivity contribution >= 4 is 17.6 Å². The van der Waals surface area contributed by atoms with Crippen molar-refractivity contribution < 1.29 is 33.5 Å². The standard InChI is InChI=1S/C24H34N2O7/c1-7-31-23(28)33-21-20(19-17(3)14-16(2)15-18(19)4)22(27)26(32-13-12-29-5)24(21)8-10-25(30-6)11-9-24/h14-15H,7-13H2,1-6H3. The van der Waals surface area contributed by atoms with E-state index >= 15 is 0 Å². The number of carbonyl (C=O) groups is 2. The Balaban J connectivity index is 2.18. The number of rotatable bonds is 8. The zero-order valence-corrected chi connectivity index (χ0v) is 20.4. The Kier molecular flexibility index (Phi) is 8.12. The molecular weight excluding hydrogens is 428 g/mol. The summed E-state index contributed by atoms with van der Waals surface area (Å²) >= 11 is 0. The lowest BCUT2D eigenvalue weighted by Crippen LogP contribution is -2.55. The van der Waals surface area contributed by atoms with Crippen LogP contribution in [0.4, 0.5) is 4.79 Å². The topological polar surface area (TPSA) is 86.8 Å². The van der Waals surface area contributed by atoms with Gasteiger partial charge in [0.05, 0.1) is 32.5 Å². The molecule has 1 fully saturated rings. The molecule has 0 N–H and O–H groups in total. The maximum Gasteiger partial charge on any atom is 0.513 e. The van der Waals surface area contributed by atoms with Crippen LogP contribution in [0, 0.1) is 20.8 Å². The second-order valence-corrected chi connectivity index (χ2v) is 8.33. The van der Waals surface area contributed by atoms with Crippen molar-refractivity contribution in [2.24, 2.45) is 0 Å². The van der Waals surface area contributed by atoms with E-state index in [1.54, 1.807) is 21.1 Å². The Morgan fingerprint density at radius 1 is 1.06 bits per heavy atom. The van der Waals surface area contributed by atoms with Crippen LogP contribution >= 0.6 is 0 Å². The maximum atomic E-state index is 13.9. The van der Waals surface area contributed by atoms with Gasteiger partial charge in [-0.15, -0.1) is 0 Å². The fraction of sp³-hybridized carbons (Fsp3) is 0.583. The van der Waals surface area contributed by atoms with Crippen molar-refractivity contribution in [1.82, 2.24) is 10.1 Å². The average molecular weight is 463 g/mol. The van der Waals surface area contributed by atoms with Gasteiger partial charge in [-0.2, -0.15) is 5.06 Å². The van der Waals surface area contributed by atoms with E-state index in [1.165, 1.54) is 5.06 Å². The number of hydroxylamine groups is 4. The molecule has 1 aromatic rings. The third kappa shape index (κ3) is 4.91. The van der Waals surface area contributed by atoms with Crippen LogP contribution in [0.15, 0.2) is 17.9 Å². The molecule has 0 unspecified atom stereocenters. The van der Waals surface area contributed by atoms with Crippen molar-refractivity contribution in [2.45, 2.75) is 46.1 Å². The van der Waals surface area contributed by atoms with Crippen LogP contribution in [-0.2, 0) is 28.7 Å². The molecule has 3 rings (SSSR count). The Morgan fingerprint density at radius 2 is 1.70 bits per heavy atom. The number of hydrogen-bond acceptors (Lipinski definition) is 8. The van der Waals surface area contributed by atoms with E-state index in [-0.39, 0.29) is 24.9 Å². The van der Waals surface area contributed by atoms with Gasteiger partial charge in [-0.25, -0.2) is 9.86 Å². The highest BCUT2D eigenvalue weighted by atomic mass is 16.7. The normalized spacial score (nSPS) is 18.4. The first-order valence-corrected chi connectivity index (χ1v) is 11.2. The molecule has 0 bridgehead atoms. The highest BCUT2D eigenvalue weighted by Gasteiger charge is 2.57. The summed E-state index contributed by atoms with van der Waals surface area (Å²) < 4.78 is 16.0. The smallest absolute Gasteiger partial charge is 0.434 e. The highest BCUT2D eigenvalue weighted by molar-refractivity contribution is 6.23. The molecule has 1 spiro atoms.